The second-order valence-corrected chi connectivity index (χ2v) is 5.36. The third-order valence-corrected chi connectivity index (χ3v) is 3.82. The van der Waals surface area contributed by atoms with E-state index >= 15 is 0 Å². The summed E-state index contributed by atoms with van der Waals surface area (Å²) in [6.07, 6.45) is 0.659. The third-order valence-electron chi connectivity index (χ3n) is 3.82. The Labute approximate surface area is 125 Å². The fourth-order valence-corrected chi connectivity index (χ4v) is 1.94. The molecule has 2 unspecified atom stereocenters. The van der Waals surface area contributed by atoms with E-state index in [4.69, 9.17) is 9.84 Å². The van der Waals surface area contributed by atoms with Crippen LogP contribution in [0, 0.1) is 0 Å². The van der Waals surface area contributed by atoms with Crippen LogP contribution in [-0.2, 0) is 14.3 Å². The average molecular weight is 293 g/mol. The predicted molar refractivity (Wildman–Crippen MR) is 81.4 cm³/mol. The number of carbonyl (C=O) groups is 2. The molecule has 116 valence electrons. The van der Waals surface area contributed by atoms with Crippen molar-refractivity contribution in [2.75, 3.05) is 12.4 Å². The van der Waals surface area contributed by atoms with Crippen LogP contribution in [0.1, 0.15) is 45.1 Å². The van der Waals surface area contributed by atoms with Gasteiger partial charge in [0.25, 0.3) is 5.91 Å². The molecule has 5 heteroatoms. The van der Waals surface area contributed by atoms with Crippen LogP contribution in [0.25, 0.3) is 0 Å². The SMILES string of the molecule is CCC(C)(OC)C(=O)Nc1ccc(C(C)CC(=O)O)cc1. The molecule has 0 fully saturated rings. The molecule has 0 heterocycles. The molecule has 1 aromatic rings. The summed E-state index contributed by atoms with van der Waals surface area (Å²) in [5.74, 6) is -1.08. The molecule has 5 nitrogen and oxygen atoms in total. The monoisotopic (exact) mass is 293 g/mol. The number of benzene rings is 1. The van der Waals surface area contributed by atoms with Crippen molar-refractivity contribution >= 4 is 17.6 Å². The number of rotatable bonds is 7. The number of aliphatic carboxylic acids is 1. The minimum Gasteiger partial charge on any atom is -0.481 e. The summed E-state index contributed by atoms with van der Waals surface area (Å²) in [5, 5.41) is 11.6. The number of anilines is 1. The van der Waals surface area contributed by atoms with Crippen LogP contribution in [0.4, 0.5) is 5.69 Å². The van der Waals surface area contributed by atoms with Crippen molar-refractivity contribution in [3.8, 4) is 0 Å². The van der Waals surface area contributed by atoms with E-state index < -0.39 is 11.6 Å². The number of hydrogen-bond donors (Lipinski definition) is 2. The summed E-state index contributed by atoms with van der Waals surface area (Å²) in [6, 6.07) is 7.22. The largest absolute Gasteiger partial charge is 0.481 e. The Hall–Kier alpha value is -1.88. The van der Waals surface area contributed by atoms with Crippen LogP contribution in [-0.4, -0.2) is 29.7 Å². The molecule has 0 spiro atoms. The maximum atomic E-state index is 12.1. The first-order chi connectivity index (χ1) is 9.82. The molecule has 0 aliphatic heterocycles. The van der Waals surface area contributed by atoms with Crippen LogP contribution in [0.15, 0.2) is 24.3 Å². The van der Waals surface area contributed by atoms with Crippen LogP contribution in [0.3, 0.4) is 0 Å². The minimum atomic E-state index is -0.852. The molecule has 21 heavy (non-hydrogen) atoms. The van der Waals surface area contributed by atoms with Crippen molar-refractivity contribution in [1.82, 2.24) is 0 Å². The highest BCUT2D eigenvalue weighted by molar-refractivity contribution is 5.97. The number of methoxy groups -OCH3 is 1. The van der Waals surface area contributed by atoms with Gasteiger partial charge >= 0.3 is 5.97 Å². The second kappa shape index (κ2) is 7.22. The molecule has 0 aliphatic rings. The summed E-state index contributed by atoms with van der Waals surface area (Å²) < 4.78 is 5.25. The summed E-state index contributed by atoms with van der Waals surface area (Å²) in [5.41, 5.74) is 0.748. The number of nitrogens with one attached hydrogen (secondary N) is 1. The van der Waals surface area contributed by atoms with Gasteiger partial charge < -0.3 is 15.2 Å². The smallest absolute Gasteiger partial charge is 0.303 e. The zero-order valence-corrected chi connectivity index (χ0v) is 13.0. The molecule has 1 aromatic carbocycles. The quantitative estimate of drug-likeness (QED) is 0.810. The highest BCUT2D eigenvalue weighted by Crippen LogP contribution is 2.22. The topological polar surface area (TPSA) is 75.6 Å². The van der Waals surface area contributed by atoms with E-state index in [0.717, 1.165) is 5.56 Å². The lowest BCUT2D eigenvalue weighted by Crippen LogP contribution is -2.41. The lowest BCUT2D eigenvalue weighted by Gasteiger charge is -2.25. The first kappa shape index (κ1) is 17.2. The van der Waals surface area contributed by atoms with E-state index in [1.54, 1.807) is 19.1 Å². The van der Waals surface area contributed by atoms with Crippen molar-refractivity contribution in [2.45, 2.75) is 45.1 Å². The van der Waals surface area contributed by atoms with E-state index in [1.807, 2.05) is 26.0 Å². The van der Waals surface area contributed by atoms with Crippen LogP contribution in [0.5, 0.6) is 0 Å². The summed E-state index contributed by atoms with van der Waals surface area (Å²) >= 11 is 0. The molecule has 2 N–H and O–H groups in total. The summed E-state index contributed by atoms with van der Waals surface area (Å²) in [6.45, 7) is 5.49. The fraction of sp³-hybridized carbons (Fsp3) is 0.500. The molecule has 2 atom stereocenters. The van der Waals surface area contributed by atoms with Crippen LogP contribution < -0.4 is 5.32 Å². The highest BCUT2D eigenvalue weighted by Gasteiger charge is 2.30. The van der Waals surface area contributed by atoms with E-state index in [1.165, 1.54) is 7.11 Å². The van der Waals surface area contributed by atoms with Gasteiger partial charge in [-0.25, -0.2) is 0 Å². The van der Waals surface area contributed by atoms with Gasteiger partial charge in [0.05, 0.1) is 6.42 Å². The minimum absolute atomic E-state index is 0.0628. The van der Waals surface area contributed by atoms with Gasteiger partial charge in [-0.15, -0.1) is 0 Å². The number of carbonyl (C=O) groups excluding carboxylic acids is 1. The molecule has 0 aliphatic carbocycles. The molecular formula is C16H23NO4. The third kappa shape index (κ3) is 4.56. The second-order valence-electron chi connectivity index (χ2n) is 5.36. The Bertz CT molecular complexity index is 492. The lowest BCUT2D eigenvalue weighted by molar-refractivity contribution is -0.137. The first-order valence-electron chi connectivity index (χ1n) is 7.00. The Morgan fingerprint density at radius 2 is 1.90 bits per heavy atom. The lowest BCUT2D eigenvalue weighted by atomic mass is 9.97. The van der Waals surface area contributed by atoms with E-state index in [9.17, 15) is 9.59 Å². The van der Waals surface area contributed by atoms with Gasteiger partial charge in [0.1, 0.15) is 5.60 Å². The van der Waals surface area contributed by atoms with Crippen molar-refractivity contribution in [1.29, 1.82) is 0 Å². The Morgan fingerprint density at radius 1 is 1.33 bits per heavy atom. The number of carboxylic acid groups (broad SMARTS) is 1. The van der Waals surface area contributed by atoms with Crippen molar-refractivity contribution in [3.63, 3.8) is 0 Å². The van der Waals surface area contributed by atoms with Gasteiger partial charge in [-0.1, -0.05) is 26.0 Å². The van der Waals surface area contributed by atoms with Gasteiger partial charge in [0, 0.05) is 12.8 Å². The van der Waals surface area contributed by atoms with Crippen molar-refractivity contribution in [3.05, 3.63) is 29.8 Å². The predicted octanol–water partition coefficient (Wildman–Crippen LogP) is 3.02. The van der Waals surface area contributed by atoms with Crippen LogP contribution in [0.2, 0.25) is 0 Å². The maximum Gasteiger partial charge on any atom is 0.303 e. The molecule has 1 rings (SSSR count). The van der Waals surface area contributed by atoms with E-state index in [2.05, 4.69) is 5.32 Å². The Balaban J connectivity index is 2.75. The highest BCUT2D eigenvalue weighted by atomic mass is 16.5. The number of carboxylic acids is 1. The summed E-state index contributed by atoms with van der Waals surface area (Å²) in [4.78, 5) is 22.8. The first-order valence-corrected chi connectivity index (χ1v) is 7.00. The average Bonchev–Trinajstić information content (AvgIpc) is 2.46. The molecule has 0 radical (unpaired) electrons. The van der Waals surface area contributed by atoms with E-state index in [0.29, 0.717) is 12.1 Å². The molecule has 1 amide bonds. The Kier molecular flexibility index (Phi) is 5.90. The number of ether oxygens (including phenoxy) is 1. The van der Waals surface area contributed by atoms with Crippen LogP contribution >= 0.6 is 0 Å². The van der Waals surface area contributed by atoms with E-state index in [-0.39, 0.29) is 18.2 Å². The van der Waals surface area contributed by atoms with Gasteiger partial charge in [0.15, 0.2) is 0 Å². The zero-order valence-electron chi connectivity index (χ0n) is 13.0. The van der Waals surface area contributed by atoms with Crippen molar-refractivity contribution < 1.29 is 19.4 Å². The van der Waals surface area contributed by atoms with Crippen molar-refractivity contribution in [2.24, 2.45) is 0 Å². The molecule has 0 bridgehead atoms. The van der Waals surface area contributed by atoms with Gasteiger partial charge in [-0.05, 0) is 37.0 Å². The summed E-state index contributed by atoms with van der Waals surface area (Å²) in [7, 11) is 1.51. The van der Waals surface area contributed by atoms with Gasteiger partial charge in [0.2, 0.25) is 0 Å². The number of amides is 1. The number of hydrogen-bond acceptors (Lipinski definition) is 3. The normalized spacial score (nSPS) is 15.0. The zero-order chi connectivity index (χ0) is 16.0. The standard InChI is InChI=1S/C16H23NO4/c1-5-16(3,21-4)15(20)17-13-8-6-12(7-9-13)11(2)10-14(18)19/h6-9,11H,5,10H2,1-4H3,(H,17,20)(H,18,19). The Morgan fingerprint density at radius 3 is 2.33 bits per heavy atom. The van der Waals surface area contributed by atoms with Gasteiger partial charge in [-0.3, -0.25) is 9.59 Å². The van der Waals surface area contributed by atoms with Gasteiger partial charge in [-0.2, -0.15) is 0 Å². The molecule has 0 aromatic heterocycles. The molecule has 0 saturated carbocycles. The molecular weight excluding hydrogens is 270 g/mol. The molecule has 0 saturated heterocycles. The fourth-order valence-electron chi connectivity index (χ4n) is 1.94. The maximum absolute atomic E-state index is 12.1.